The van der Waals surface area contributed by atoms with Crippen LogP contribution >= 0.6 is 0 Å². The summed E-state index contributed by atoms with van der Waals surface area (Å²) in [6.45, 7) is 1.06. The van der Waals surface area contributed by atoms with Crippen molar-refractivity contribution in [2.24, 2.45) is 5.92 Å². The Kier molecular flexibility index (Phi) is 4.36. The van der Waals surface area contributed by atoms with E-state index >= 15 is 0 Å². The molecule has 3 heterocycles. The molecule has 1 aromatic carbocycles. The number of nitrogens with one attached hydrogen (secondary N) is 1. The highest BCUT2D eigenvalue weighted by atomic mass is 19.1. The van der Waals surface area contributed by atoms with Crippen molar-refractivity contribution in [3.05, 3.63) is 59.7 Å². The van der Waals surface area contributed by atoms with Gasteiger partial charge in [-0.3, -0.25) is 4.79 Å². The third kappa shape index (κ3) is 3.29. The van der Waals surface area contributed by atoms with E-state index < -0.39 is 17.5 Å². The molecule has 1 atom stereocenters. The van der Waals surface area contributed by atoms with E-state index in [0.717, 1.165) is 42.3 Å². The summed E-state index contributed by atoms with van der Waals surface area (Å²) in [5, 5.41) is 0. The number of imidazole rings is 1. The van der Waals surface area contributed by atoms with Gasteiger partial charge >= 0.3 is 0 Å². The Morgan fingerprint density at radius 3 is 2.96 bits per heavy atom. The number of pyridine rings is 1. The zero-order valence-electron chi connectivity index (χ0n) is 14.1. The van der Waals surface area contributed by atoms with Crippen molar-refractivity contribution >= 4 is 16.9 Å². The summed E-state index contributed by atoms with van der Waals surface area (Å²) in [4.78, 5) is 25.7. The average molecular weight is 356 g/mol. The van der Waals surface area contributed by atoms with Crippen LogP contribution in [0.5, 0.6) is 0 Å². The van der Waals surface area contributed by atoms with E-state index in [4.69, 9.17) is 0 Å². The highest BCUT2D eigenvalue weighted by Crippen LogP contribution is 2.23. The molecule has 1 amide bonds. The Bertz CT molecular complexity index is 923. The lowest BCUT2D eigenvalue weighted by Crippen LogP contribution is -2.41. The summed E-state index contributed by atoms with van der Waals surface area (Å²) in [5.74, 6) is -1.08. The molecule has 26 heavy (non-hydrogen) atoms. The van der Waals surface area contributed by atoms with Gasteiger partial charge in [0.1, 0.15) is 11.6 Å². The van der Waals surface area contributed by atoms with Crippen molar-refractivity contribution in [1.29, 1.82) is 0 Å². The van der Waals surface area contributed by atoms with Crippen LogP contribution in [0, 0.1) is 17.6 Å². The van der Waals surface area contributed by atoms with Crippen molar-refractivity contribution in [3.63, 3.8) is 0 Å². The maximum absolute atomic E-state index is 13.9. The van der Waals surface area contributed by atoms with E-state index in [0.29, 0.717) is 19.2 Å². The van der Waals surface area contributed by atoms with E-state index in [1.54, 1.807) is 4.90 Å². The molecule has 0 radical (unpaired) electrons. The van der Waals surface area contributed by atoms with Crippen LogP contribution < -0.4 is 0 Å². The molecule has 1 fully saturated rings. The van der Waals surface area contributed by atoms with E-state index in [1.807, 2.05) is 24.3 Å². The molecule has 1 N–H and O–H groups in total. The van der Waals surface area contributed by atoms with Crippen LogP contribution in [0.2, 0.25) is 0 Å². The number of hydrogen-bond acceptors (Lipinski definition) is 3. The molecular weight excluding hydrogens is 338 g/mol. The number of hydrogen-bond donors (Lipinski definition) is 1. The first kappa shape index (κ1) is 16.6. The lowest BCUT2D eigenvalue weighted by Gasteiger charge is -2.32. The van der Waals surface area contributed by atoms with Crippen molar-refractivity contribution in [2.75, 3.05) is 13.1 Å². The number of benzene rings is 1. The quantitative estimate of drug-likeness (QED) is 0.783. The van der Waals surface area contributed by atoms with Crippen LogP contribution in [0.15, 0.2) is 36.5 Å². The third-order valence-electron chi connectivity index (χ3n) is 4.74. The van der Waals surface area contributed by atoms with Crippen LogP contribution in [0.25, 0.3) is 11.0 Å². The van der Waals surface area contributed by atoms with Crippen LogP contribution in [0.4, 0.5) is 8.78 Å². The van der Waals surface area contributed by atoms with Crippen LogP contribution in [0.1, 0.15) is 29.2 Å². The molecule has 0 saturated carbocycles. The number of nitrogens with zero attached hydrogens (tertiary/aromatic N) is 3. The summed E-state index contributed by atoms with van der Waals surface area (Å²) < 4.78 is 26.9. The number of rotatable bonds is 3. The normalized spacial score (nSPS) is 17.6. The highest BCUT2D eigenvalue weighted by Gasteiger charge is 2.27. The fourth-order valence-electron chi connectivity index (χ4n) is 3.51. The first-order chi connectivity index (χ1) is 12.6. The van der Waals surface area contributed by atoms with Crippen molar-refractivity contribution in [1.82, 2.24) is 19.9 Å². The number of fused-ring (bicyclic) bond motifs is 1. The average Bonchev–Trinajstić information content (AvgIpc) is 3.03. The van der Waals surface area contributed by atoms with Gasteiger partial charge in [0.25, 0.3) is 5.91 Å². The van der Waals surface area contributed by atoms with E-state index in [2.05, 4.69) is 15.0 Å². The minimum Gasteiger partial charge on any atom is -0.342 e. The molecule has 1 aliphatic heterocycles. The minimum atomic E-state index is -0.922. The topological polar surface area (TPSA) is 61.9 Å². The smallest absolute Gasteiger partial charge is 0.275 e. The maximum Gasteiger partial charge on any atom is 0.275 e. The summed E-state index contributed by atoms with van der Waals surface area (Å²) >= 11 is 0. The number of piperidine rings is 1. The Morgan fingerprint density at radius 2 is 2.15 bits per heavy atom. The molecule has 134 valence electrons. The summed E-state index contributed by atoms with van der Waals surface area (Å²) in [6.07, 6.45) is 3.39. The molecule has 5 nitrogen and oxygen atoms in total. The van der Waals surface area contributed by atoms with Gasteiger partial charge in [0.2, 0.25) is 0 Å². The monoisotopic (exact) mass is 356 g/mol. The third-order valence-corrected chi connectivity index (χ3v) is 4.74. The zero-order valence-corrected chi connectivity index (χ0v) is 14.1. The second-order valence-corrected chi connectivity index (χ2v) is 6.65. The first-order valence-electron chi connectivity index (χ1n) is 8.64. The maximum atomic E-state index is 13.9. The lowest BCUT2D eigenvalue weighted by atomic mass is 9.94. The van der Waals surface area contributed by atoms with E-state index in [-0.39, 0.29) is 11.6 Å². The van der Waals surface area contributed by atoms with Crippen LogP contribution in [-0.4, -0.2) is 38.8 Å². The second kappa shape index (κ2) is 6.82. The fraction of sp³-hybridized carbons (Fsp3) is 0.316. The number of H-pyrrole nitrogens is 1. The molecule has 0 unspecified atom stereocenters. The van der Waals surface area contributed by atoms with E-state index in [1.165, 1.54) is 0 Å². The predicted octanol–water partition coefficient (Wildman–Crippen LogP) is 3.33. The molecular formula is C19H18F2N4O. The van der Waals surface area contributed by atoms with E-state index in [9.17, 15) is 13.6 Å². The first-order valence-corrected chi connectivity index (χ1v) is 8.64. The predicted molar refractivity (Wildman–Crippen MR) is 92.6 cm³/mol. The molecule has 3 aromatic rings. The van der Waals surface area contributed by atoms with Gasteiger partial charge in [-0.2, -0.15) is 0 Å². The molecule has 7 heteroatoms. The number of amides is 1. The number of carbonyl (C=O) groups is 1. The Balaban J connectivity index is 1.47. The number of para-hydroxylation sites is 2. The highest BCUT2D eigenvalue weighted by molar-refractivity contribution is 5.92. The number of aromatic nitrogens is 3. The number of aromatic amines is 1. The summed E-state index contributed by atoms with van der Waals surface area (Å²) in [6, 6.07) is 8.52. The van der Waals surface area contributed by atoms with Gasteiger partial charge in [-0.05, 0) is 30.9 Å². The number of likely N-dealkylation sites (tertiary alicyclic amines) is 1. The Labute approximate surface area is 149 Å². The lowest BCUT2D eigenvalue weighted by molar-refractivity contribution is 0.0661. The zero-order chi connectivity index (χ0) is 18.1. The molecule has 1 aliphatic rings. The van der Waals surface area contributed by atoms with Gasteiger partial charge in [-0.15, -0.1) is 0 Å². The Morgan fingerprint density at radius 1 is 1.31 bits per heavy atom. The van der Waals surface area contributed by atoms with Crippen molar-refractivity contribution in [2.45, 2.75) is 19.3 Å². The molecule has 2 aromatic heterocycles. The molecule has 0 aliphatic carbocycles. The number of carbonyl (C=O) groups excluding carboxylic acids is 1. The second-order valence-electron chi connectivity index (χ2n) is 6.65. The van der Waals surface area contributed by atoms with Crippen LogP contribution in [0.3, 0.4) is 0 Å². The fourth-order valence-corrected chi connectivity index (χ4v) is 3.51. The van der Waals surface area contributed by atoms with Crippen molar-refractivity contribution < 1.29 is 13.6 Å². The van der Waals surface area contributed by atoms with Gasteiger partial charge in [-0.1, -0.05) is 12.1 Å². The summed E-state index contributed by atoms with van der Waals surface area (Å²) in [5.41, 5.74) is 1.59. The molecule has 1 saturated heterocycles. The van der Waals surface area contributed by atoms with Gasteiger partial charge < -0.3 is 9.88 Å². The largest absolute Gasteiger partial charge is 0.342 e. The van der Waals surface area contributed by atoms with Gasteiger partial charge in [-0.25, -0.2) is 18.7 Å². The SMILES string of the molecule is O=C(c1ncc(F)cc1F)N1CCC[C@H](Cc2nc3ccccc3[nH]2)C1. The van der Waals surface area contributed by atoms with Crippen molar-refractivity contribution in [3.8, 4) is 0 Å². The number of halogens is 2. The molecule has 0 spiro atoms. The molecule has 4 rings (SSSR count). The minimum absolute atomic E-state index is 0.233. The standard InChI is InChI=1S/C19H18F2N4O/c20-13-9-14(21)18(22-10-13)19(26)25-7-3-4-12(11-25)8-17-23-15-5-1-2-6-16(15)24-17/h1-2,5-6,9-10,12H,3-4,7-8,11H2,(H,23,24)/t12-/m1/s1. The van der Waals surface area contributed by atoms with Gasteiger partial charge in [0.15, 0.2) is 11.5 Å². The molecule has 0 bridgehead atoms. The van der Waals surface area contributed by atoms with Crippen LogP contribution in [-0.2, 0) is 6.42 Å². The van der Waals surface area contributed by atoms with Gasteiger partial charge in [0.05, 0.1) is 17.2 Å². The summed E-state index contributed by atoms with van der Waals surface area (Å²) in [7, 11) is 0. The Hall–Kier alpha value is -2.83. The van der Waals surface area contributed by atoms with Gasteiger partial charge in [0, 0.05) is 25.6 Å².